The van der Waals surface area contributed by atoms with Crippen molar-refractivity contribution in [3.05, 3.63) is 53.2 Å². The Morgan fingerprint density at radius 1 is 1.30 bits per heavy atom. The number of halogens is 1. The van der Waals surface area contributed by atoms with E-state index < -0.39 is 6.04 Å². The molecular formula is C20H24ClN3O3. The number of carbonyl (C=O) groups is 2. The predicted molar refractivity (Wildman–Crippen MR) is 102 cm³/mol. The third kappa shape index (κ3) is 4.89. The molecule has 2 aromatic heterocycles. The summed E-state index contributed by atoms with van der Waals surface area (Å²) in [6, 6.07) is 6.28. The van der Waals surface area contributed by atoms with Gasteiger partial charge in [0.1, 0.15) is 17.0 Å². The SMILES string of the molecule is C[C@@H](C(=O)NCc1ccco1)N(C(=O)c1ccc(Cl)nc1)C1CCCCC1. The highest BCUT2D eigenvalue weighted by Gasteiger charge is 2.33. The molecule has 0 bridgehead atoms. The van der Waals surface area contributed by atoms with Crippen LogP contribution in [-0.2, 0) is 11.3 Å². The van der Waals surface area contributed by atoms with Gasteiger partial charge in [-0.2, -0.15) is 0 Å². The van der Waals surface area contributed by atoms with Gasteiger partial charge >= 0.3 is 0 Å². The molecule has 0 aromatic carbocycles. The molecule has 2 aromatic rings. The zero-order valence-electron chi connectivity index (χ0n) is 15.4. The molecule has 2 heterocycles. The highest BCUT2D eigenvalue weighted by atomic mass is 35.5. The summed E-state index contributed by atoms with van der Waals surface area (Å²) in [7, 11) is 0. The second-order valence-electron chi connectivity index (χ2n) is 6.85. The highest BCUT2D eigenvalue weighted by molar-refractivity contribution is 6.29. The Hall–Kier alpha value is -2.34. The van der Waals surface area contributed by atoms with Crippen LogP contribution in [0, 0.1) is 0 Å². The van der Waals surface area contributed by atoms with Crippen LogP contribution in [-0.4, -0.2) is 33.8 Å². The molecule has 27 heavy (non-hydrogen) atoms. The van der Waals surface area contributed by atoms with Crippen molar-refractivity contribution in [2.24, 2.45) is 0 Å². The fraction of sp³-hybridized carbons (Fsp3) is 0.450. The van der Waals surface area contributed by atoms with Crippen LogP contribution in [0.1, 0.15) is 55.1 Å². The second-order valence-corrected chi connectivity index (χ2v) is 7.23. The molecule has 3 rings (SSSR count). The third-order valence-corrected chi connectivity index (χ3v) is 5.21. The minimum Gasteiger partial charge on any atom is -0.467 e. The zero-order chi connectivity index (χ0) is 19.2. The van der Waals surface area contributed by atoms with Crippen LogP contribution in [0.2, 0.25) is 5.15 Å². The predicted octanol–water partition coefficient (Wildman–Crippen LogP) is 3.81. The number of amides is 2. The average Bonchev–Trinajstić information content (AvgIpc) is 3.21. The lowest BCUT2D eigenvalue weighted by atomic mass is 9.92. The van der Waals surface area contributed by atoms with Crippen LogP contribution < -0.4 is 5.32 Å². The number of hydrogen-bond acceptors (Lipinski definition) is 4. The largest absolute Gasteiger partial charge is 0.467 e. The van der Waals surface area contributed by atoms with Crippen molar-refractivity contribution in [1.29, 1.82) is 0 Å². The Balaban J connectivity index is 1.76. The van der Waals surface area contributed by atoms with Gasteiger partial charge in [0.15, 0.2) is 0 Å². The van der Waals surface area contributed by atoms with Crippen LogP contribution in [0.3, 0.4) is 0 Å². The molecule has 1 saturated carbocycles. The van der Waals surface area contributed by atoms with E-state index in [-0.39, 0.29) is 17.9 Å². The number of carbonyl (C=O) groups excluding carboxylic acids is 2. The maximum Gasteiger partial charge on any atom is 0.256 e. The monoisotopic (exact) mass is 389 g/mol. The van der Waals surface area contributed by atoms with Gasteiger partial charge in [0, 0.05) is 12.2 Å². The fourth-order valence-electron chi connectivity index (χ4n) is 3.53. The minimum atomic E-state index is -0.591. The maximum absolute atomic E-state index is 13.2. The number of rotatable bonds is 6. The van der Waals surface area contributed by atoms with Gasteiger partial charge in [-0.25, -0.2) is 4.98 Å². The van der Waals surface area contributed by atoms with Crippen LogP contribution in [0.5, 0.6) is 0 Å². The summed E-state index contributed by atoms with van der Waals surface area (Å²) in [6.45, 7) is 2.07. The van der Waals surface area contributed by atoms with E-state index in [1.165, 1.54) is 12.6 Å². The number of pyridine rings is 1. The number of aromatic nitrogens is 1. The van der Waals surface area contributed by atoms with E-state index in [4.69, 9.17) is 16.0 Å². The van der Waals surface area contributed by atoms with Gasteiger partial charge in [-0.15, -0.1) is 0 Å². The van der Waals surface area contributed by atoms with E-state index in [1.807, 2.05) is 0 Å². The quantitative estimate of drug-likeness (QED) is 0.762. The van der Waals surface area contributed by atoms with Crippen molar-refractivity contribution in [2.45, 2.75) is 57.7 Å². The molecular weight excluding hydrogens is 366 g/mol. The number of nitrogens with zero attached hydrogens (tertiary/aromatic N) is 2. The third-order valence-electron chi connectivity index (χ3n) is 4.99. The topological polar surface area (TPSA) is 75.4 Å². The molecule has 0 spiro atoms. The molecule has 0 aliphatic heterocycles. The lowest BCUT2D eigenvalue weighted by Crippen LogP contribution is -2.53. The van der Waals surface area contributed by atoms with Crippen molar-refractivity contribution >= 4 is 23.4 Å². The van der Waals surface area contributed by atoms with Crippen molar-refractivity contribution < 1.29 is 14.0 Å². The fourth-order valence-corrected chi connectivity index (χ4v) is 3.64. The van der Waals surface area contributed by atoms with E-state index in [2.05, 4.69) is 10.3 Å². The average molecular weight is 390 g/mol. The van der Waals surface area contributed by atoms with Gasteiger partial charge in [0.25, 0.3) is 5.91 Å². The smallest absolute Gasteiger partial charge is 0.256 e. The van der Waals surface area contributed by atoms with Gasteiger partial charge in [0.2, 0.25) is 5.91 Å². The van der Waals surface area contributed by atoms with E-state index in [9.17, 15) is 9.59 Å². The lowest BCUT2D eigenvalue weighted by Gasteiger charge is -2.38. The molecule has 1 aliphatic carbocycles. The molecule has 1 atom stereocenters. The number of nitrogens with one attached hydrogen (secondary N) is 1. The molecule has 144 valence electrons. The molecule has 6 nitrogen and oxygen atoms in total. The van der Waals surface area contributed by atoms with Crippen molar-refractivity contribution in [1.82, 2.24) is 15.2 Å². The minimum absolute atomic E-state index is 0.0475. The van der Waals surface area contributed by atoms with Gasteiger partial charge in [-0.05, 0) is 44.0 Å². The summed E-state index contributed by atoms with van der Waals surface area (Å²) in [5.41, 5.74) is 0.440. The van der Waals surface area contributed by atoms with E-state index in [0.717, 1.165) is 25.7 Å². The lowest BCUT2D eigenvalue weighted by molar-refractivity contribution is -0.126. The Morgan fingerprint density at radius 2 is 2.07 bits per heavy atom. The number of hydrogen-bond donors (Lipinski definition) is 1. The summed E-state index contributed by atoms with van der Waals surface area (Å²) < 4.78 is 5.25. The molecule has 0 radical (unpaired) electrons. The molecule has 1 N–H and O–H groups in total. The first-order valence-electron chi connectivity index (χ1n) is 9.30. The van der Waals surface area contributed by atoms with Crippen molar-refractivity contribution in [2.75, 3.05) is 0 Å². The van der Waals surface area contributed by atoms with E-state index in [1.54, 1.807) is 42.4 Å². The Morgan fingerprint density at radius 3 is 2.70 bits per heavy atom. The van der Waals surface area contributed by atoms with Gasteiger partial charge < -0.3 is 14.6 Å². The van der Waals surface area contributed by atoms with Crippen LogP contribution >= 0.6 is 11.6 Å². The van der Waals surface area contributed by atoms with Crippen LogP contribution in [0.4, 0.5) is 0 Å². The standard InChI is InChI=1S/C20H24ClN3O3/c1-14(19(25)23-13-17-8-5-11-27-17)24(16-6-3-2-4-7-16)20(26)15-9-10-18(21)22-12-15/h5,8-12,14,16H,2-4,6-7,13H2,1H3,(H,23,25)/t14-/m0/s1. The summed E-state index contributed by atoms with van der Waals surface area (Å²) >= 11 is 5.84. The first kappa shape index (κ1) is 19.4. The maximum atomic E-state index is 13.2. The van der Waals surface area contributed by atoms with Crippen LogP contribution in [0.15, 0.2) is 41.1 Å². The van der Waals surface area contributed by atoms with Gasteiger partial charge in [-0.3, -0.25) is 9.59 Å². The highest BCUT2D eigenvalue weighted by Crippen LogP contribution is 2.26. The molecule has 0 unspecified atom stereocenters. The van der Waals surface area contributed by atoms with E-state index >= 15 is 0 Å². The summed E-state index contributed by atoms with van der Waals surface area (Å²) in [5.74, 6) is 0.284. The number of furan rings is 1. The van der Waals surface area contributed by atoms with Crippen molar-refractivity contribution in [3.8, 4) is 0 Å². The normalized spacial score (nSPS) is 15.9. The Bertz CT molecular complexity index is 755. The summed E-state index contributed by atoms with van der Waals surface area (Å²) in [4.78, 5) is 31.6. The summed E-state index contributed by atoms with van der Waals surface area (Å²) in [6.07, 6.45) is 8.14. The van der Waals surface area contributed by atoms with Gasteiger partial charge in [0.05, 0.1) is 18.4 Å². The van der Waals surface area contributed by atoms with Crippen molar-refractivity contribution in [3.63, 3.8) is 0 Å². The second kappa shape index (κ2) is 9.04. The molecule has 1 aliphatic rings. The molecule has 0 saturated heterocycles. The molecule has 7 heteroatoms. The van der Waals surface area contributed by atoms with E-state index in [0.29, 0.717) is 23.0 Å². The van der Waals surface area contributed by atoms with Crippen LogP contribution in [0.25, 0.3) is 0 Å². The molecule has 2 amide bonds. The summed E-state index contributed by atoms with van der Waals surface area (Å²) in [5, 5.41) is 3.19. The first-order chi connectivity index (χ1) is 13.1. The Kier molecular flexibility index (Phi) is 6.50. The molecule has 1 fully saturated rings. The Labute approximate surface area is 163 Å². The van der Waals surface area contributed by atoms with Gasteiger partial charge in [-0.1, -0.05) is 30.9 Å². The first-order valence-corrected chi connectivity index (χ1v) is 9.68. The zero-order valence-corrected chi connectivity index (χ0v) is 16.1.